The van der Waals surface area contributed by atoms with Crippen LogP contribution in [-0.2, 0) is 7.05 Å². The molecule has 0 saturated carbocycles. The van der Waals surface area contributed by atoms with E-state index in [1.165, 1.54) is 0 Å². The highest BCUT2D eigenvalue weighted by Gasteiger charge is 2.15. The maximum absolute atomic E-state index is 8.91. The van der Waals surface area contributed by atoms with E-state index < -0.39 is 0 Å². The smallest absolute Gasteiger partial charge is 0.274 e. The van der Waals surface area contributed by atoms with Crippen LogP contribution >= 0.6 is 23.2 Å². The summed E-state index contributed by atoms with van der Waals surface area (Å²) in [6.45, 7) is 0. The lowest BCUT2D eigenvalue weighted by molar-refractivity contribution is 0.429. The highest BCUT2D eigenvalue weighted by molar-refractivity contribution is 6.35. The molecule has 7 heteroatoms. The summed E-state index contributed by atoms with van der Waals surface area (Å²) in [6.07, 6.45) is 1.69. The number of halogens is 2. The maximum atomic E-state index is 8.91. The molecule has 104 valence electrons. The highest BCUT2D eigenvalue weighted by atomic mass is 35.5. The van der Waals surface area contributed by atoms with Gasteiger partial charge in [0.15, 0.2) is 0 Å². The van der Waals surface area contributed by atoms with Gasteiger partial charge in [0.2, 0.25) is 5.82 Å². The summed E-state index contributed by atoms with van der Waals surface area (Å²) in [5, 5.41) is 13.8. The monoisotopic (exact) mass is 318 g/mol. The fourth-order valence-electron chi connectivity index (χ4n) is 1.97. The molecule has 2 aromatic heterocycles. The first kappa shape index (κ1) is 13.7. The summed E-state index contributed by atoms with van der Waals surface area (Å²) in [4.78, 5) is 4.32. The van der Waals surface area contributed by atoms with Crippen LogP contribution in [-0.4, -0.2) is 14.7 Å². The predicted octanol–water partition coefficient (Wildman–Crippen LogP) is 3.92. The Hall–Kier alpha value is -2.29. The lowest BCUT2D eigenvalue weighted by Gasteiger charge is -1.97. The van der Waals surface area contributed by atoms with Gasteiger partial charge in [-0.05, 0) is 24.3 Å². The van der Waals surface area contributed by atoms with Gasteiger partial charge in [0, 0.05) is 28.9 Å². The fraction of sp³-hybridized carbons (Fsp3) is 0.0714. The van der Waals surface area contributed by atoms with Crippen molar-refractivity contribution in [3.63, 3.8) is 0 Å². The normalized spacial score (nSPS) is 10.6. The molecule has 3 rings (SSSR count). The Morgan fingerprint density at radius 3 is 2.52 bits per heavy atom. The minimum Gasteiger partial charge on any atom is -0.345 e. The van der Waals surface area contributed by atoms with Crippen LogP contribution in [0.2, 0.25) is 10.0 Å². The zero-order valence-corrected chi connectivity index (χ0v) is 12.4. The van der Waals surface area contributed by atoms with Crippen LogP contribution in [0.25, 0.3) is 23.0 Å². The lowest BCUT2D eigenvalue weighted by atomic mass is 10.2. The maximum Gasteiger partial charge on any atom is 0.274 e. The van der Waals surface area contributed by atoms with Crippen LogP contribution in [0.3, 0.4) is 0 Å². The molecule has 0 saturated heterocycles. The molecule has 2 heterocycles. The molecule has 21 heavy (non-hydrogen) atoms. The molecule has 5 nitrogen and oxygen atoms in total. The molecule has 3 aromatic rings. The number of aryl methyl sites for hydroxylation is 1. The second-order valence-electron chi connectivity index (χ2n) is 4.42. The van der Waals surface area contributed by atoms with E-state index in [0.29, 0.717) is 38.6 Å². The largest absolute Gasteiger partial charge is 0.345 e. The van der Waals surface area contributed by atoms with Crippen molar-refractivity contribution >= 4 is 23.2 Å². The minimum atomic E-state index is 0.324. The fourth-order valence-corrected chi connectivity index (χ4v) is 2.49. The second-order valence-corrected chi connectivity index (χ2v) is 5.29. The standard InChI is InChI=1S/C14H8Cl2N4O/c1-20-7-8(6-17)2-12(20)14-18-13(19-21-14)9-3-10(15)5-11(16)4-9/h2-5,7H,1H3. The van der Waals surface area contributed by atoms with Gasteiger partial charge in [0.1, 0.15) is 11.8 Å². The zero-order chi connectivity index (χ0) is 15.0. The summed E-state index contributed by atoms with van der Waals surface area (Å²) < 4.78 is 7.00. The van der Waals surface area contributed by atoms with E-state index >= 15 is 0 Å². The van der Waals surface area contributed by atoms with Crippen molar-refractivity contribution < 1.29 is 4.52 Å². The van der Waals surface area contributed by atoms with E-state index in [-0.39, 0.29) is 0 Å². The Balaban J connectivity index is 2.03. The van der Waals surface area contributed by atoms with Gasteiger partial charge in [0.25, 0.3) is 5.89 Å². The van der Waals surface area contributed by atoms with Crippen LogP contribution in [0.15, 0.2) is 35.0 Å². The van der Waals surface area contributed by atoms with Gasteiger partial charge in [-0.25, -0.2) is 0 Å². The van der Waals surface area contributed by atoms with Crippen molar-refractivity contribution in [2.24, 2.45) is 7.05 Å². The highest BCUT2D eigenvalue weighted by Crippen LogP contribution is 2.27. The van der Waals surface area contributed by atoms with Gasteiger partial charge in [-0.3, -0.25) is 0 Å². The topological polar surface area (TPSA) is 67.6 Å². The number of nitriles is 1. The van der Waals surface area contributed by atoms with Gasteiger partial charge in [-0.15, -0.1) is 0 Å². The second kappa shape index (κ2) is 5.24. The molecule has 0 aliphatic rings. The number of hydrogen-bond acceptors (Lipinski definition) is 4. The number of rotatable bonds is 2. The zero-order valence-electron chi connectivity index (χ0n) is 10.8. The van der Waals surface area contributed by atoms with Gasteiger partial charge in [-0.1, -0.05) is 28.4 Å². The van der Waals surface area contributed by atoms with Crippen molar-refractivity contribution in [2.75, 3.05) is 0 Å². The van der Waals surface area contributed by atoms with E-state index in [2.05, 4.69) is 16.2 Å². The van der Waals surface area contributed by atoms with E-state index in [1.54, 1.807) is 42.1 Å². The SMILES string of the molecule is Cn1cc(C#N)cc1-c1nc(-c2cc(Cl)cc(Cl)c2)no1. The summed E-state index contributed by atoms with van der Waals surface area (Å²) in [6, 6.07) is 8.78. The van der Waals surface area contributed by atoms with E-state index in [9.17, 15) is 0 Å². The predicted molar refractivity (Wildman–Crippen MR) is 78.9 cm³/mol. The summed E-state index contributed by atoms with van der Waals surface area (Å²) >= 11 is 11.9. The summed E-state index contributed by atoms with van der Waals surface area (Å²) in [5.74, 6) is 0.708. The Labute approximate surface area is 130 Å². The Morgan fingerprint density at radius 2 is 1.90 bits per heavy atom. The van der Waals surface area contributed by atoms with Gasteiger partial charge < -0.3 is 9.09 Å². The molecule has 0 aliphatic carbocycles. The van der Waals surface area contributed by atoms with Crippen molar-refractivity contribution in [2.45, 2.75) is 0 Å². The van der Waals surface area contributed by atoms with Crippen molar-refractivity contribution in [3.05, 3.63) is 46.1 Å². The first-order chi connectivity index (χ1) is 10.1. The Kier molecular flexibility index (Phi) is 3.42. The van der Waals surface area contributed by atoms with Crippen LogP contribution in [0.5, 0.6) is 0 Å². The molecular weight excluding hydrogens is 311 g/mol. The molecule has 0 atom stereocenters. The van der Waals surface area contributed by atoms with E-state index in [1.807, 2.05) is 0 Å². The van der Waals surface area contributed by atoms with E-state index in [4.69, 9.17) is 33.0 Å². The molecule has 0 unspecified atom stereocenters. The van der Waals surface area contributed by atoms with Crippen LogP contribution in [0, 0.1) is 11.3 Å². The Morgan fingerprint density at radius 1 is 1.19 bits per heavy atom. The summed E-state index contributed by atoms with van der Waals surface area (Å²) in [5.41, 5.74) is 1.86. The van der Waals surface area contributed by atoms with Gasteiger partial charge >= 0.3 is 0 Å². The van der Waals surface area contributed by atoms with Crippen LogP contribution < -0.4 is 0 Å². The lowest BCUT2D eigenvalue weighted by Crippen LogP contribution is -1.89. The average Bonchev–Trinajstić information content (AvgIpc) is 3.03. The molecule has 0 spiro atoms. The molecule has 0 radical (unpaired) electrons. The van der Waals surface area contributed by atoms with Crippen molar-refractivity contribution in [1.29, 1.82) is 5.26 Å². The Bertz CT molecular complexity index is 840. The third-order valence-corrected chi connectivity index (χ3v) is 3.34. The van der Waals surface area contributed by atoms with Gasteiger partial charge in [-0.2, -0.15) is 10.2 Å². The van der Waals surface area contributed by atoms with Crippen molar-refractivity contribution in [1.82, 2.24) is 14.7 Å². The van der Waals surface area contributed by atoms with Gasteiger partial charge in [0.05, 0.1) is 5.56 Å². The number of aromatic nitrogens is 3. The third-order valence-electron chi connectivity index (χ3n) is 2.90. The number of benzene rings is 1. The molecule has 0 bridgehead atoms. The van der Waals surface area contributed by atoms with Crippen molar-refractivity contribution in [3.8, 4) is 29.0 Å². The molecule has 0 amide bonds. The number of hydrogen-bond donors (Lipinski definition) is 0. The first-order valence-corrected chi connectivity index (χ1v) is 6.69. The molecule has 1 aromatic carbocycles. The molecule has 0 N–H and O–H groups in total. The quantitative estimate of drug-likeness (QED) is 0.718. The average molecular weight is 319 g/mol. The molecule has 0 fully saturated rings. The molecular formula is C14H8Cl2N4O. The molecule has 0 aliphatic heterocycles. The number of nitrogens with zero attached hydrogens (tertiary/aromatic N) is 4. The summed E-state index contributed by atoms with van der Waals surface area (Å²) in [7, 11) is 1.80. The minimum absolute atomic E-state index is 0.324. The van der Waals surface area contributed by atoms with E-state index in [0.717, 1.165) is 0 Å². The van der Waals surface area contributed by atoms with Crippen LogP contribution in [0.1, 0.15) is 5.56 Å². The third kappa shape index (κ3) is 2.64. The first-order valence-electron chi connectivity index (χ1n) is 5.94. The van der Waals surface area contributed by atoms with Crippen LogP contribution in [0.4, 0.5) is 0 Å².